The lowest BCUT2D eigenvalue weighted by Gasteiger charge is -2.10. The van der Waals surface area contributed by atoms with E-state index in [9.17, 15) is 0 Å². The van der Waals surface area contributed by atoms with Gasteiger partial charge in [-0.2, -0.15) is 0 Å². The molecule has 0 unspecified atom stereocenters. The minimum Gasteiger partial charge on any atom is -0.369 e. The second-order valence-electron chi connectivity index (χ2n) is 3.91. The van der Waals surface area contributed by atoms with Crippen LogP contribution in [-0.2, 0) is 12.8 Å². The molecule has 0 atom stereocenters. The molecule has 0 spiro atoms. The highest BCUT2D eigenvalue weighted by atomic mass is 35.5. The Morgan fingerprint density at radius 3 is 2.89 bits per heavy atom. The molecule has 0 aliphatic carbocycles. The van der Waals surface area contributed by atoms with Gasteiger partial charge in [0.2, 0.25) is 0 Å². The van der Waals surface area contributed by atoms with Gasteiger partial charge in [-0.3, -0.25) is 0 Å². The molecule has 0 aliphatic heterocycles. The van der Waals surface area contributed by atoms with Gasteiger partial charge in [0.25, 0.3) is 0 Å². The van der Waals surface area contributed by atoms with Crippen molar-refractivity contribution in [3.63, 3.8) is 0 Å². The van der Waals surface area contributed by atoms with Gasteiger partial charge in [-0.1, -0.05) is 18.5 Å². The van der Waals surface area contributed by atoms with Crippen molar-refractivity contribution in [1.29, 1.82) is 0 Å². The molecule has 2 aromatic heterocycles. The van der Waals surface area contributed by atoms with Crippen molar-refractivity contribution in [2.45, 2.75) is 26.7 Å². The Kier molecular flexibility index (Phi) is 4.49. The van der Waals surface area contributed by atoms with E-state index in [4.69, 9.17) is 11.6 Å². The van der Waals surface area contributed by atoms with Crippen LogP contribution in [0.15, 0.2) is 10.9 Å². The molecular formula is C12H15ClN4S. The largest absolute Gasteiger partial charge is 0.369 e. The Bertz CT molecular complexity index is 513. The zero-order chi connectivity index (χ0) is 13.0. The van der Waals surface area contributed by atoms with Gasteiger partial charge in [-0.15, -0.1) is 11.3 Å². The molecule has 0 fully saturated rings. The number of nitrogens with one attached hydrogen (secondary N) is 1. The fourth-order valence-electron chi connectivity index (χ4n) is 1.53. The number of rotatable bonds is 5. The van der Waals surface area contributed by atoms with Gasteiger partial charge < -0.3 is 5.32 Å². The van der Waals surface area contributed by atoms with Crippen LogP contribution < -0.4 is 5.32 Å². The fourth-order valence-corrected chi connectivity index (χ4v) is 2.31. The minimum absolute atomic E-state index is 0.526. The number of thiazole rings is 1. The van der Waals surface area contributed by atoms with E-state index in [-0.39, 0.29) is 0 Å². The van der Waals surface area contributed by atoms with Gasteiger partial charge in [0, 0.05) is 30.3 Å². The first-order chi connectivity index (χ1) is 8.70. The van der Waals surface area contributed by atoms with Crippen molar-refractivity contribution in [3.8, 4) is 0 Å². The fraction of sp³-hybridized carbons (Fsp3) is 0.417. The van der Waals surface area contributed by atoms with Crippen LogP contribution in [0.25, 0.3) is 0 Å². The first-order valence-corrected chi connectivity index (χ1v) is 7.16. The van der Waals surface area contributed by atoms with E-state index in [1.807, 2.05) is 19.4 Å². The highest BCUT2D eigenvalue weighted by molar-refractivity contribution is 7.07. The van der Waals surface area contributed by atoms with Gasteiger partial charge in [0.1, 0.15) is 16.8 Å². The quantitative estimate of drug-likeness (QED) is 0.856. The molecule has 0 saturated heterocycles. The topological polar surface area (TPSA) is 50.7 Å². The van der Waals surface area contributed by atoms with Crippen LogP contribution in [-0.4, -0.2) is 21.5 Å². The third kappa shape index (κ3) is 3.17. The number of anilines is 1. The summed E-state index contributed by atoms with van der Waals surface area (Å²) in [5.74, 6) is 1.59. The van der Waals surface area contributed by atoms with Crippen molar-refractivity contribution in [3.05, 3.63) is 33.1 Å². The molecular weight excluding hydrogens is 268 g/mol. The highest BCUT2D eigenvalue weighted by Crippen LogP contribution is 2.20. The Labute approximate surface area is 115 Å². The Morgan fingerprint density at radius 2 is 2.22 bits per heavy atom. The normalized spacial score (nSPS) is 10.6. The molecule has 2 heterocycles. The molecule has 1 N–H and O–H groups in total. The van der Waals surface area contributed by atoms with Gasteiger partial charge in [0.05, 0.1) is 11.2 Å². The predicted octanol–water partition coefficient (Wildman–Crippen LogP) is 3.11. The van der Waals surface area contributed by atoms with Crippen LogP contribution in [0, 0.1) is 6.92 Å². The minimum atomic E-state index is 0.526. The molecule has 6 heteroatoms. The molecule has 0 aliphatic rings. The average Bonchev–Trinajstić information content (AvgIpc) is 2.87. The van der Waals surface area contributed by atoms with Crippen LogP contribution in [0.2, 0.25) is 5.15 Å². The number of hydrogen-bond donors (Lipinski definition) is 1. The number of halogens is 1. The summed E-state index contributed by atoms with van der Waals surface area (Å²) in [6.45, 7) is 4.73. The summed E-state index contributed by atoms with van der Waals surface area (Å²) < 4.78 is 0. The summed E-state index contributed by atoms with van der Waals surface area (Å²) in [6, 6.07) is 0. The average molecular weight is 283 g/mol. The smallest absolute Gasteiger partial charge is 0.137 e. The summed E-state index contributed by atoms with van der Waals surface area (Å²) >= 11 is 7.69. The van der Waals surface area contributed by atoms with E-state index in [0.717, 1.165) is 42.3 Å². The van der Waals surface area contributed by atoms with Gasteiger partial charge >= 0.3 is 0 Å². The second-order valence-corrected chi connectivity index (χ2v) is 4.99. The van der Waals surface area contributed by atoms with Crippen molar-refractivity contribution < 1.29 is 0 Å². The number of aryl methyl sites for hydroxylation is 1. The molecule has 2 rings (SSSR count). The van der Waals surface area contributed by atoms with E-state index >= 15 is 0 Å². The molecule has 0 saturated carbocycles. The summed E-state index contributed by atoms with van der Waals surface area (Å²) in [7, 11) is 0. The molecule has 18 heavy (non-hydrogen) atoms. The van der Waals surface area contributed by atoms with Gasteiger partial charge in [-0.05, 0) is 6.92 Å². The van der Waals surface area contributed by atoms with E-state index < -0.39 is 0 Å². The molecule has 0 amide bonds. The third-order valence-electron chi connectivity index (χ3n) is 2.61. The van der Waals surface area contributed by atoms with Crippen LogP contribution >= 0.6 is 22.9 Å². The van der Waals surface area contributed by atoms with Crippen LogP contribution in [0.5, 0.6) is 0 Å². The lowest BCUT2D eigenvalue weighted by atomic mass is 10.3. The van der Waals surface area contributed by atoms with E-state index in [1.165, 1.54) is 0 Å². The van der Waals surface area contributed by atoms with Crippen molar-refractivity contribution in [2.75, 3.05) is 11.9 Å². The first-order valence-electron chi connectivity index (χ1n) is 5.84. The second kappa shape index (κ2) is 6.11. The molecule has 4 nitrogen and oxygen atoms in total. The van der Waals surface area contributed by atoms with Gasteiger partial charge in [-0.25, -0.2) is 15.0 Å². The zero-order valence-electron chi connectivity index (χ0n) is 10.4. The summed E-state index contributed by atoms with van der Waals surface area (Å²) in [5.41, 5.74) is 3.84. The molecule has 2 aromatic rings. The summed E-state index contributed by atoms with van der Waals surface area (Å²) in [4.78, 5) is 12.9. The summed E-state index contributed by atoms with van der Waals surface area (Å²) in [6.07, 6.45) is 1.66. The Hall–Kier alpha value is -1.20. The van der Waals surface area contributed by atoms with Crippen molar-refractivity contribution in [1.82, 2.24) is 15.0 Å². The molecule has 0 bridgehead atoms. The summed E-state index contributed by atoms with van der Waals surface area (Å²) in [5, 5.41) is 5.88. The number of aromatic nitrogens is 3. The lowest BCUT2D eigenvalue weighted by molar-refractivity contribution is 0.909. The van der Waals surface area contributed by atoms with E-state index in [0.29, 0.717) is 5.15 Å². The molecule has 0 aromatic carbocycles. The van der Waals surface area contributed by atoms with Crippen molar-refractivity contribution >= 4 is 28.8 Å². The molecule has 0 radical (unpaired) electrons. The SMILES string of the molecule is CCc1nc(Cl)c(C)c(NCCc2cscn2)n1. The van der Waals surface area contributed by atoms with E-state index in [2.05, 4.69) is 25.6 Å². The third-order valence-corrected chi connectivity index (χ3v) is 3.61. The molecule has 96 valence electrons. The maximum Gasteiger partial charge on any atom is 0.137 e. The number of hydrogen-bond acceptors (Lipinski definition) is 5. The maximum absolute atomic E-state index is 6.07. The van der Waals surface area contributed by atoms with Crippen LogP contribution in [0.3, 0.4) is 0 Å². The standard InChI is InChI=1S/C12H15ClN4S/c1-3-10-16-11(13)8(2)12(17-10)14-5-4-9-6-18-7-15-9/h6-7H,3-5H2,1-2H3,(H,14,16,17). The van der Waals surface area contributed by atoms with E-state index in [1.54, 1.807) is 11.3 Å². The zero-order valence-corrected chi connectivity index (χ0v) is 12.0. The number of nitrogens with zero attached hydrogens (tertiary/aromatic N) is 3. The first kappa shape index (κ1) is 13.2. The highest BCUT2D eigenvalue weighted by Gasteiger charge is 2.08. The van der Waals surface area contributed by atoms with Crippen molar-refractivity contribution in [2.24, 2.45) is 0 Å². The van der Waals surface area contributed by atoms with Crippen LogP contribution in [0.1, 0.15) is 24.0 Å². The lowest BCUT2D eigenvalue weighted by Crippen LogP contribution is -2.10. The monoisotopic (exact) mass is 282 g/mol. The Morgan fingerprint density at radius 1 is 1.39 bits per heavy atom. The maximum atomic E-state index is 6.07. The van der Waals surface area contributed by atoms with Crippen LogP contribution in [0.4, 0.5) is 5.82 Å². The predicted molar refractivity (Wildman–Crippen MR) is 75.5 cm³/mol. The van der Waals surface area contributed by atoms with Gasteiger partial charge in [0.15, 0.2) is 0 Å². The Balaban J connectivity index is 2.02.